The van der Waals surface area contributed by atoms with Gasteiger partial charge in [-0.05, 0) is 37.5 Å². The van der Waals surface area contributed by atoms with Crippen LogP contribution in [0.25, 0.3) is 0 Å². The highest BCUT2D eigenvalue weighted by atomic mass is 16.2. The molecule has 0 atom stereocenters. The molecular weight excluding hydrogens is 302 g/mol. The van der Waals surface area contributed by atoms with E-state index in [1.807, 2.05) is 18.2 Å². The number of rotatable bonds is 7. The topological polar surface area (TPSA) is 70.2 Å². The third-order valence-electron chi connectivity index (χ3n) is 4.35. The first-order valence-electron chi connectivity index (χ1n) is 9.15. The van der Waals surface area contributed by atoms with Crippen LogP contribution >= 0.6 is 0 Å². The summed E-state index contributed by atoms with van der Waals surface area (Å²) in [5.41, 5.74) is 1.40. The maximum absolute atomic E-state index is 12.1. The Morgan fingerprint density at radius 1 is 1.04 bits per heavy atom. The van der Waals surface area contributed by atoms with E-state index in [9.17, 15) is 9.59 Å². The Labute approximate surface area is 144 Å². The van der Waals surface area contributed by atoms with E-state index in [2.05, 4.69) is 22.9 Å². The minimum Gasteiger partial charge on any atom is -0.335 e. The van der Waals surface area contributed by atoms with Crippen LogP contribution in [0.3, 0.4) is 0 Å². The summed E-state index contributed by atoms with van der Waals surface area (Å²) >= 11 is 0. The number of urea groups is 1. The predicted octanol–water partition coefficient (Wildman–Crippen LogP) is 4.66. The van der Waals surface area contributed by atoms with Crippen molar-refractivity contribution < 1.29 is 9.59 Å². The predicted molar refractivity (Wildman–Crippen MR) is 98.2 cm³/mol. The standard InChI is InChI=1S/C19H29N3O2/c1-2-3-5-13-18(23)20-16-11-8-12-17(14-16)22-19(24)21-15-9-6-4-7-10-15/h8,11-12,14-15H,2-7,9-10,13H2,1H3,(H,20,23)(H2,21,22,24). The van der Waals surface area contributed by atoms with Crippen LogP contribution in [0.1, 0.15) is 64.7 Å². The molecule has 24 heavy (non-hydrogen) atoms. The largest absolute Gasteiger partial charge is 0.335 e. The molecule has 0 saturated heterocycles. The Bertz CT molecular complexity index is 539. The van der Waals surface area contributed by atoms with Gasteiger partial charge in [-0.25, -0.2) is 4.79 Å². The summed E-state index contributed by atoms with van der Waals surface area (Å²) in [6, 6.07) is 7.39. The van der Waals surface area contributed by atoms with Crippen molar-refractivity contribution in [1.82, 2.24) is 5.32 Å². The zero-order valence-corrected chi connectivity index (χ0v) is 14.6. The van der Waals surface area contributed by atoms with Crippen LogP contribution in [0.5, 0.6) is 0 Å². The highest BCUT2D eigenvalue weighted by molar-refractivity contribution is 5.93. The summed E-state index contributed by atoms with van der Waals surface area (Å²) < 4.78 is 0. The fourth-order valence-corrected chi connectivity index (χ4v) is 3.03. The second kappa shape index (κ2) is 9.96. The SMILES string of the molecule is CCCCCC(=O)Nc1cccc(NC(=O)NC2CCCCC2)c1. The van der Waals surface area contributed by atoms with Gasteiger partial charge in [0.15, 0.2) is 0 Å². The molecule has 1 aromatic carbocycles. The summed E-state index contributed by atoms with van der Waals surface area (Å²) in [7, 11) is 0. The van der Waals surface area contributed by atoms with Gasteiger partial charge in [0.25, 0.3) is 0 Å². The van der Waals surface area contributed by atoms with Crippen LogP contribution < -0.4 is 16.0 Å². The van der Waals surface area contributed by atoms with Crippen LogP contribution in [0.2, 0.25) is 0 Å². The first-order chi connectivity index (χ1) is 11.7. The first-order valence-corrected chi connectivity index (χ1v) is 9.15. The van der Waals surface area contributed by atoms with E-state index >= 15 is 0 Å². The van der Waals surface area contributed by atoms with E-state index in [0.717, 1.165) is 32.1 Å². The van der Waals surface area contributed by atoms with Crippen molar-refractivity contribution in [3.63, 3.8) is 0 Å². The van der Waals surface area contributed by atoms with Crippen molar-refractivity contribution in [3.05, 3.63) is 24.3 Å². The van der Waals surface area contributed by atoms with Gasteiger partial charge in [-0.3, -0.25) is 4.79 Å². The summed E-state index contributed by atoms with van der Waals surface area (Å²) in [5.74, 6) is 0.0206. The second-order valence-electron chi connectivity index (χ2n) is 6.52. The van der Waals surface area contributed by atoms with Gasteiger partial charge in [-0.15, -0.1) is 0 Å². The van der Waals surface area contributed by atoms with Crippen LogP contribution in [0.15, 0.2) is 24.3 Å². The molecule has 2 rings (SSSR count). The van der Waals surface area contributed by atoms with Gasteiger partial charge in [0.05, 0.1) is 0 Å². The van der Waals surface area contributed by atoms with Crippen molar-refractivity contribution >= 4 is 23.3 Å². The van der Waals surface area contributed by atoms with Crippen LogP contribution in [0, 0.1) is 0 Å². The minimum atomic E-state index is -0.173. The molecule has 0 heterocycles. The summed E-state index contributed by atoms with van der Waals surface area (Å²) in [4.78, 5) is 24.0. The number of benzene rings is 1. The molecule has 0 unspecified atom stereocenters. The Balaban J connectivity index is 1.80. The van der Waals surface area contributed by atoms with E-state index < -0.39 is 0 Å². The van der Waals surface area contributed by atoms with E-state index in [-0.39, 0.29) is 18.0 Å². The molecule has 1 aromatic rings. The van der Waals surface area contributed by atoms with Gasteiger partial charge in [-0.1, -0.05) is 45.1 Å². The molecule has 1 aliphatic rings. The maximum atomic E-state index is 12.1. The number of hydrogen-bond donors (Lipinski definition) is 3. The van der Waals surface area contributed by atoms with Crippen molar-refractivity contribution in [2.75, 3.05) is 10.6 Å². The van der Waals surface area contributed by atoms with E-state index in [4.69, 9.17) is 0 Å². The zero-order chi connectivity index (χ0) is 17.2. The van der Waals surface area contributed by atoms with E-state index in [0.29, 0.717) is 17.8 Å². The lowest BCUT2D eigenvalue weighted by Crippen LogP contribution is -2.39. The summed E-state index contributed by atoms with van der Waals surface area (Å²) in [6.45, 7) is 2.12. The monoisotopic (exact) mass is 331 g/mol. The average Bonchev–Trinajstić information content (AvgIpc) is 2.56. The molecule has 0 bridgehead atoms. The molecule has 0 aromatic heterocycles. The lowest BCUT2D eigenvalue weighted by molar-refractivity contribution is -0.116. The van der Waals surface area contributed by atoms with Crippen molar-refractivity contribution in [2.24, 2.45) is 0 Å². The van der Waals surface area contributed by atoms with Gasteiger partial charge in [0.2, 0.25) is 5.91 Å². The average molecular weight is 331 g/mol. The summed E-state index contributed by atoms with van der Waals surface area (Å²) in [6.07, 6.45) is 9.36. The molecule has 5 nitrogen and oxygen atoms in total. The smallest absolute Gasteiger partial charge is 0.319 e. The Morgan fingerprint density at radius 3 is 2.46 bits per heavy atom. The molecule has 0 aliphatic heterocycles. The quantitative estimate of drug-likeness (QED) is 0.636. The number of hydrogen-bond acceptors (Lipinski definition) is 2. The van der Waals surface area contributed by atoms with E-state index in [1.165, 1.54) is 19.3 Å². The molecule has 0 radical (unpaired) electrons. The van der Waals surface area contributed by atoms with E-state index in [1.54, 1.807) is 6.07 Å². The van der Waals surface area contributed by atoms with Gasteiger partial charge >= 0.3 is 6.03 Å². The van der Waals surface area contributed by atoms with Gasteiger partial charge < -0.3 is 16.0 Å². The molecule has 1 aliphatic carbocycles. The van der Waals surface area contributed by atoms with Gasteiger partial charge in [0.1, 0.15) is 0 Å². The summed E-state index contributed by atoms with van der Waals surface area (Å²) in [5, 5.41) is 8.76. The normalized spacial score (nSPS) is 14.9. The van der Waals surface area contributed by atoms with Crippen molar-refractivity contribution in [3.8, 4) is 0 Å². The van der Waals surface area contributed by atoms with Crippen LogP contribution in [-0.2, 0) is 4.79 Å². The fourth-order valence-electron chi connectivity index (χ4n) is 3.03. The third-order valence-corrected chi connectivity index (χ3v) is 4.35. The lowest BCUT2D eigenvalue weighted by atomic mass is 9.96. The molecular formula is C19H29N3O2. The third kappa shape index (κ3) is 6.60. The fraction of sp³-hybridized carbons (Fsp3) is 0.579. The maximum Gasteiger partial charge on any atom is 0.319 e. The number of nitrogens with one attached hydrogen (secondary N) is 3. The zero-order valence-electron chi connectivity index (χ0n) is 14.6. The number of carbonyl (C=O) groups excluding carboxylic acids is 2. The van der Waals surface area contributed by atoms with Crippen molar-refractivity contribution in [1.29, 1.82) is 0 Å². The Hall–Kier alpha value is -2.04. The lowest BCUT2D eigenvalue weighted by Gasteiger charge is -2.22. The molecule has 5 heteroatoms. The highest BCUT2D eigenvalue weighted by Crippen LogP contribution is 2.18. The number of unbranched alkanes of at least 4 members (excludes halogenated alkanes) is 2. The van der Waals surface area contributed by atoms with Crippen LogP contribution in [0.4, 0.5) is 16.2 Å². The van der Waals surface area contributed by atoms with Gasteiger partial charge in [0, 0.05) is 23.8 Å². The van der Waals surface area contributed by atoms with Crippen molar-refractivity contribution in [2.45, 2.75) is 70.8 Å². The minimum absolute atomic E-state index is 0.0206. The first kappa shape index (κ1) is 18.3. The second-order valence-corrected chi connectivity index (χ2v) is 6.52. The Morgan fingerprint density at radius 2 is 1.75 bits per heavy atom. The van der Waals surface area contributed by atoms with Crippen LogP contribution in [-0.4, -0.2) is 18.0 Å². The number of carbonyl (C=O) groups is 2. The molecule has 1 saturated carbocycles. The van der Waals surface area contributed by atoms with Gasteiger partial charge in [-0.2, -0.15) is 0 Å². The number of anilines is 2. The molecule has 3 amide bonds. The highest BCUT2D eigenvalue weighted by Gasteiger charge is 2.15. The number of amides is 3. The molecule has 0 spiro atoms. The molecule has 132 valence electrons. The molecule has 3 N–H and O–H groups in total. The molecule has 1 fully saturated rings. The Kier molecular flexibility index (Phi) is 7.59.